The Morgan fingerprint density at radius 2 is 1.76 bits per heavy atom. The maximum atomic E-state index is 12.6. The van der Waals surface area contributed by atoms with Crippen LogP contribution in [0.5, 0.6) is 0 Å². The van der Waals surface area contributed by atoms with Gasteiger partial charge in [0, 0.05) is 12.8 Å². The fourth-order valence-electron chi connectivity index (χ4n) is 3.05. The van der Waals surface area contributed by atoms with E-state index in [1.807, 2.05) is 0 Å². The van der Waals surface area contributed by atoms with Crippen LogP contribution < -0.4 is 0 Å². The summed E-state index contributed by atoms with van der Waals surface area (Å²) in [4.78, 5) is 12.1. The molecule has 1 aliphatic rings. The van der Waals surface area contributed by atoms with Crippen molar-refractivity contribution < 1.29 is 18.0 Å². The molecule has 4 heteroatoms. The Morgan fingerprint density at radius 1 is 1.10 bits per heavy atom. The first kappa shape index (κ1) is 16.1. The molecule has 0 aromatic heterocycles. The highest BCUT2D eigenvalue weighted by atomic mass is 19.4. The first-order valence-corrected chi connectivity index (χ1v) is 7.63. The molecule has 0 radical (unpaired) electrons. The molecule has 0 spiro atoms. The Hall–Kier alpha value is -1.32. The van der Waals surface area contributed by atoms with Crippen molar-refractivity contribution in [3.8, 4) is 0 Å². The molecule has 0 heterocycles. The predicted octanol–water partition coefficient (Wildman–Crippen LogP) is 5.18. The number of benzene rings is 1. The largest absolute Gasteiger partial charge is 0.416 e. The molecule has 0 atom stereocenters. The Labute approximate surface area is 123 Å². The minimum atomic E-state index is -4.35. The van der Waals surface area contributed by atoms with Gasteiger partial charge in [-0.3, -0.25) is 4.79 Å². The van der Waals surface area contributed by atoms with E-state index in [9.17, 15) is 18.0 Å². The van der Waals surface area contributed by atoms with Gasteiger partial charge in [0.1, 0.15) is 5.78 Å². The highest BCUT2D eigenvalue weighted by Gasteiger charge is 2.30. The van der Waals surface area contributed by atoms with E-state index in [2.05, 4.69) is 0 Å². The normalized spacial score (nSPS) is 17.5. The topological polar surface area (TPSA) is 17.1 Å². The van der Waals surface area contributed by atoms with E-state index in [0.29, 0.717) is 17.9 Å². The molecular weight excluding hydrogens is 277 g/mol. The first-order chi connectivity index (χ1) is 9.95. The SMILES string of the molecule is O=C(Cc1cccc(C(F)(F)F)c1)CC1CCCCCC1. The van der Waals surface area contributed by atoms with Gasteiger partial charge < -0.3 is 0 Å². The van der Waals surface area contributed by atoms with Gasteiger partial charge in [-0.1, -0.05) is 56.7 Å². The van der Waals surface area contributed by atoms with Gasteiger partial charge in [0.15, 0.2) is 0 Å². The molecule has 1 aromatic carbocycles. The third-order valence-electron chi connectivity index (χ3n) is 4.15. The van der Waals surface area contributed by atoms with Gasteiger partial charge >= 0.3 is 6.18 Å². The lowest BCUT2D eigenvalue weighted by atomic mass is 9.92. The predicted molar refractivity (Wildman–Crippen MR) is 76.0 cm³/mol. The van der Waals surface area contributed by atoms with Crippen LogP contribution in [0.3, 0.4) is 0 Å². The van der Waals surface area contributed by atoms with Gasteiger partial charge in [0.25, 0.3) is 0 Å². The summed E-state index contributed by atoms with van der Waals surface area (Å²) in [5.41, 5.74) is -0.217. The maximum Gasteiger partial charge on any atom is 0.416 e. The van der Waals surface area contributed by atoms with Gasteiger partial charge in [0.05, 0.1) is 5.56 Å². The zero-order chi connectivity index (χ0) is 15.3. The summed E-state index contributed by atoms with van der Waals surface area (Å²) in [6, 6.07) is 5.10. The molecule has 1 aliphatic carbocycles. The molecule has 116 valence electrons. The second-order valence-electron chi connectivity index (χ2n) is 5.98. The number of ketones is 1. The van der Waals surface area contributed by atoms with E-state index in [-0.39, 0.29) is 12.2 Å². The van der Waals surface area contributed by atoms with Crippen molar-refractivity contribution in [1.29, 1.82) is 0 Å². The van der Waals surface area contributed by atoms with Crippen LogP contribution in [0.25, 0.3) is 0 Å². The minimum absolute atomic E-state index is 0.0567. The number of carbonyl (C=O) groups excluding carboxylic acids is 1. The van der Waals surface area contributed by atoms with Crippen LogP contribution in [0.2, 0.25) is 0 Å². The third-order valence-corrected chi connectivity index (χ3v) is 4.15. The van der Waals surface area contributed by atoms with Crippen molar-refractivity contribution in [2.75, 3.05) is 0 Å². The van der Waals surface area contributed by atoms with Gasteiger partial charge in [-0.15, -0.1) is 0 Å². The molecule has 0 aliphatic heterocycles. The monoisotopic (exact) mass is 298 g/mol. The van der Waals surface area contributed by atoms with Crippen LogP contribution in [0.1, 0.15) is 56.1 Å². The highest BCUT2D eigenvalue weighted by Crippen LogP contribution is 2.30. The van der Waals surface area contributed by atoms with Crippen molar-refractivity contribution in [2.24, 2.45) is 5.92 Å². The smallest absolute Gasteiger partial charge is 0.299 e. The Bertz CT molecular complexity index is 471. The van der Waals surface area contributed by atoms with E-state index in [1.165, 1.54) is 31.7 Å². The number of hydrogen-bond acceptors (Lipinski definition) is 1. The summed E-state index contributed by atoms with van der Waals surface area (Å²) in [6.45, 7) is 0. The second-order valence-corrected chi connectivity index (χ2v) is 5.98. The number of carbonyl (C=O) groups is 1. The van der Waals surface area contributed by atoms with Crippen LogP contribution >= 0.6 is 0 Å². The van der Waals surface area contributed by atoms with Crippen molar-refractivity contribution in [3.05, 3.63) is 35.4 Å². The molecule has 1 nitrogen and oxygen atoms in total. The molecule has 0 bridgehead atoms. The molecule has 21 heavy (non-hydrogen) atoms. The summed E-state index contributed by atoms with van der Waals surface area (Å²) in [5, 5.41) is 0. The Morgan fingerprint density at radius 3 is 2.38 bits per heavy atom. The summed E-state index contributed by atoms with van der Waals surface area (Å²) < 4.78 is 37.9. The number of halogens is 3. The van der Waals surface area contributed by atoms with Crippen LogP contribution in [0, 0.1) is 5.92 Å². The fraction of sp³-hybridized carbons (Fsp3) is 0.588. The van der Waals surface area contributed by atoms with Crippen LogP contribution in [-0.4, -0.2) is 5.78 Å². The Balaban J connectivity index is 1.93. The van der Waals surface area contributed by atoms with Gasteiger partial charge in [0.2, 0.25) is 0 Å². The van der Waals surface area contributed by atoms with Gasteiger partial charge in [-0.25, -0.2) is 0 Å². The molecule has 0 saturated heterocycles. The average molecular weight is 298 g/mol. The molecule has 0 N–H and O–H groups in total. The van der Waals surface area contributed by atoms with Crippen LogP contribution in [-0.2, 0) is 17.4 Å². The van der Waals surface area contributed by atoms with E-state index in [1.54, 1.807) is 6.07 Å². The molecule has 1 fully saturated rings. The van der Waals surface area contributed by atoms with E-state index >= 15 is 0 Å². The number of alkyl halides is 3. The quantitative estimate of drug-likeness (QED) is 0.700. The van der Waals surface area contributed by atoms with E-state index < -0.39 is 11.7 Å². The summed E-state index contributed by atoms with van der Waals surface area (Å²) in [7, 11) is 0. The minimum Gasteiger partial charge on any atom is -0.299 e. The molecule has 0 unspecified atom stereocenters. The molecule has 2 rings (SSSR count). The first-order valence-electron chi connectivity index (χ1n) is 7.63. The molecule has 0 amide bonds. The van der Waals surface area contributed by atoms with Crippen molar-refractivity contribution in [1.82, 2.24) is 0 Å². The van der Waals surface area contributed by atoms with Gasteiger partial charge in [-0.05, 0) is 17.5 Å². The lowest BCUT2D eigenvalue weighted by Gasteiger charge is -2.13. The fourth-order valence-corrected chi connectivity index (χ4v) is 3.05. The number of rotatable bonds is 4. The second kappa shape index (κ2) is 7.10. The van der Waals surface area contributed by atoms with Crippen molar-refractivity contribution >= 4 is 5.78 Å². The van der Waals surface area contributed by atoms with Crippen molar-refractivity contribution in [2.45, 2.75) is 57.5 Å². The van der Waals surface area contributed by atoms with Gasteiger partial charge in [-0.2, -0.15) is 13.2 Å². The highest BCUT2D eigenvalue weighted by molar-refractivity contribution is 5.81. The van der Waals surface area contributed by atoms with E-state index in [0.717, 1.165) is 25.0 Å². The third kappa shape index (κ3) is 5.18. The summed E-state index contributed by atoms with van der Waals surface area (Å²) in [5.74, 6) is 0.479. The standard InChI is InChI=1S/C17H21F3O/c18-17(19,20)15-9-5-8-14(10-15)12-16(21)11-13-6-3-1-2-4-7-13/h5,8-10,13H,1-4,6-7,11-12H2. The zero-order valence-electron chi connectivity index (χ0n) is 12.1. The Kier molecular flexibility index (Phi) is 5.43. The lowest BCUT2D eigenvalue weighted by Crippen LogP contribution is -2.11. The van der Waals surface area contributed by atoms with Crippen molar-refractivity contribution in [3.63, 3.8) is 0 Å². The van der Waals surface area contributed by atoms with Crippen LogP contribution in [0.15, 0.2) is 24.3 Å². The maximum absolute atomic E-state index is 12.6. The molecule has 1 saturated carbocycles. The lowest BCUT2D eigenvalue weighted by molar-refractivity contribution is -0.137. The number of hydrogen-bond donors (Lipinski definition) is 0. The summed E-state index contributed by atoms with van der Waals surface area (Å²) >= 11 is 0. The van der Waals surface area contributed by atoms with E-state index in [4.69, 9.17) is 0 Å². The molecular formula is C17H21F3O. The molecule has 1 aromatic rings. The van der Waals surface area contributed by atoms with Crippen LogP contribution in [0.4, 0.5) is 13.2 Å². The number of Topliss-reactive ketones (excluding diaryl/α,β-unsaturated/α-hetero) is 1. The summed E-state index contributed by atoms with van der Waals surface area (Å²) in [6.07, 6.45) is 3.24. The average Bonchev–Trinajstić information content (AvgIpc) is 2.66. The zero-order valence-corrected chi connectivity index (χ0v) is 12.1.